The van der Waals surface area contributed by atoms with Gasteiger partial charge >= 0.3 is 12.1 Å². The molecular weight excluding hydrogens is 357 g/mol. The van der Waals surface area contributed by atoms with Crippen molar-refractivity contribution < 1.29 is 34.0 Å². The third-order valence-corrected chi connectivity index (χ3v) is 3.79. The van der Waals surface area contributed by atoms with Crippen LogP contribution in [0.3, 0.4) is 0 Å². The quantitative estimate of drug-likeness (QED) is 0.557. The Bertz CT molecular complexity index is 783. The van der Waals surface area contributed by atoms with Crippen molar-refractivity contribution in [1.82, 2.24) is 5.32 Å². The number of nitrogens with one attached hydrogen (secondary N) is 1. The topological polar surface area (TPSA) is 116 Å². The SMILES string of the molecule is O=C(O)Cc1ccc(C(O)C(O)CNC(=O)OCc2ccccc2)cc1F. The summed E-state index contributed by atoms with van der Waals surface area (Å²) in [5, 5.41) is 31.1. The highest BCUT2D eigenvalue weighted by Gasteiger charge is 2.21. The fraction of sp³-hybridized carbons (Fsp3) is 0.263. The van der Waals surface area contributed by atoms with Gasteiger partial charge in [0.15, 0.2) is 0 Å². The number of hydrogen-bond acceptors (Lipinski definition) is 5. The van der Waals surface area contributed by atoms with Crippen molar-refractivity contribution in [2.75, 3.05) is 6.54 Å². The number of aliphatic hydroxyl groups excluding tert-OH is 2. The van der Waals surface area contributed by atoms with Gasteiger partial charge in [-0.15, -0.1) is 0 Å². The van der Waals surface area contributed by atoms with Crippen molar-refractivity contribution in [1.29, 1.82) is 0 Å². The van der Waals surface area contributed by atoms with Gasteiger partial charge in [-0.05, 0) is 22.8 Å². The minimum Gasteiger partial charge on any atom is -0.481 e. The van der Waals surface area contributed by atoms with E-state index in [1.54, 1.807) is 24.3 Å². The van der Waals surface area contributed by atoms with Crippen molar-refractivity contribution in [2.24, 2.45) is 0 Å². The molecule has 8 heteroatoms. The average Bonchev–Trinajstić information content (AvgIpc) is 2.66. The molecular formula is C19H20FNO6. The van der Waals surface area contributed by atoms with E-state index in [0.29, 0.717) is 0 Å². The Morgan fingerprint density at radius 1 is 1.11 bits per heavy atom. The van der Waals surface area contributed by atoms with Gasteiger partial charge in [-0.2, -0.15) is 0 Å². The Kier molecular flexibility index (Phi) is 7.27. The molecule has 0 aliphatic carbocycles. The molecule has 2 unspecified atom stereocenters. The molecule has 2 atom stereocenters. The van der Waals surface area contributed by atoms with E-state index in [0.717, 1.165) is 11.6 Å². The van der Waals surface area contributed by atoms with E-state index in [4.69, 9.17) is 9.84 Å². The number of benzene rings is 2. The summed E-state index contributed by atoms with van der Waals surface area (Å²) in [6.45, 7) is -0.255. The molecule has 2 aromatic carbocycles. The molecule has 0 fully saturated rings. The van der Waals surface area contributed by atoms with Crippen LogP contribution >= 0.6 is 0 Å². The molecule has 4 N–H and O–H groups in total. The predicted molar refractivity (Wildman–Crippen MR) is 93.3 cm³/mol. The van der Waals surface area contributed by atoms with Crippen LogP contribution in [0.25, 0.3) is 0 Å². The molecule has 144 valence electrons. The Labute approximate surface area is 155 Å². The van der Waals surface area contributed by atoms with Crippen LogP contribution in [0.4, 0.5) is 9.18 Å². The van der Waals surface area contributed by atoms with E-state index in [1.165, 1.54) is 12.1 Å². The lowest BCUT2D eigenvalue weighted by atomic mass is 10.0. The number of carboxylic acid groups (broad SMARTS) is 1. The number of rotatable bonds is 8. The maximum absolute atomic E-state index is 13.9. The molecule has 0 aromatic heterocycles. The molecule has 0 aliphatic heterocycles. The molecule has 0 spiro atoms. The van der Waals surface area contributed by atoms with Gasteiger partial charge < -0.3 is 25.4 Å². The molecule has 27 heavy (non-hydrogen) atoms. The van der Waals surface area contributed by atoms with E-state index in [1.807, 2.05) is 6.07 Å². The summed E-state index contributed by atoms with van der Waals surface area (Å²) in [7, 11) is 0. The second kappa shape index (κ2) is 9.65. The summed E-state index contributed by atoms with van der Waals surface area (Å²) in [6.07, 6.45) is -4.13. The van der Waals surface area contributed by atoms with Crippen LogP contribution in [-0.4, -0.2) is 40.0 Å². The molecule has 0 aliphatic rings. The molecule has 1 amide bonds. The number of aliphatic carboxylic acids is 1. The van der Waals surface area contributed by atoms with Gasteiger partial charge in [-0.25, -0.2) is 9.18 Å². The third kappa shape index (κ3) is 6.36. The summed E-state index contributed by atoms with van der Waals surface area (Å²) in [6, 6.07) is 12.5. The summed E-state index contributed by atoms with van der Waals surface area (Å²) in [5.74, 6) is -1.98. The lowest BCUT2D eigenvalue weighted by molar-refractivity contribution is -0.136. The minimum atomic E-state index is -1.46. The maximum atomic E-state index is 13.9. The Morgan fingerprint density at radius 3 is 2.44 bits per heavy atom. The standard InChI is InChI=1S/C19H20FNO6/c20-15-8-14(7-6-13(15)9-17(23)24)18(25)16(22)10-21-19(26)27-11-12-4-2-1-3-5-12/h1-8,16,18,22,25H,9-11H2,(H,21,26)(H,23,24). The van der Waals surface area contributed by atoms with Crippen LogP contribution in [-0.2, 0) is 22.6 Å². The zero-order valence-electron chi connectivity index (χ0n) is 14.3. The van der Waals surface area contributed by atoms with E-state index in [2.05, 4.69) is 5.32 Å². The number of carboxylic acids is 1. The van der Waals surface area contributed by atoms with Gasteiger partial charge in [0.1, 0.15) is 24.6 Å². The normalized spacial score (nSPS) is 12.9. The zero-order chi connectivity index (χ0) is 19.8. The number of amides is 1. The molecule has 0 heterocycles. The number of ether oxygens (including phenoxy) is 1. The van der Waals surface area contributed by atoms with Crippen LogP contribution < -0.4 is 5.32 Å². The van der Waals surface area contributed by atoms with Crippen LogP contribution in [0.1, 0.15) is 22.8 Å². The first-order chi connectivity index (χ1) is 12.9. The molecule has 0 bridgehead atoms. The highest BCUT2D eigenvalue weighted by atomic mass is 19.1. The van der Waals surface area contributed by atoms with Crippen molar-refractivity contribution in [3.63, 3.8) is 0 Å². The predicted octanol–water partition coefficient (Wildman–Crippen LogP) is 1.77. The van der Waals surface area contributed by atoms with Crippen molar-refractivity contribution in [3.8, 4) is 0 Å². The number of halogens is 1. The first kappa shape index (κ1) is 20.3. The van der Waals surface area contributed by atoms with Gasteiger partial charge in [-0.3, -0.25) is 4.79 Å². The summed E-state index contributed by atoms with van der Waals surface area (Å²) >= 11 is 0. The van der Waals surface area contributed by atoms with Crippen molar-refractivity contribution in [2.45, 2.75) is 25.2 Å². The summed E-state index contributed by atoms with van der Waals surface area (Å²) < 4.78 is 18.8. The van der Waals surface area contributed by atoms with Gasteiger partial charge in [0, 0.05) is 6.54 Å². The molecule has 2 rings (SSSR count). The van der Waals surface area contributed by atoms with Crippen LogP contribution in [0.2, 0.25) is 0 Å². The van der Waals surface area contributed by atoms with Gasteiger partial charge in [0.05, 0.1) is 6.42 Å². The second-order valence-corrected chi connectivity index (χ2v) is 5.88. The number of carbonyl (C=O) groups excluding carboxylic acids is 1. The highest BCUT2D eigenvalue weighted by molar-refractivity contribution is 5.70. The minimum absolute atomic E-state index is 0.0319. The molecule has 2 aromatic rings. The number of carbonyl (C=O) groups is 2. The highest BCUT2D eigenvalue weighted by Crippen LogP contribution is 2.20. The Balaban J connectivity index is 1.84. The van der Waals surface area contributed by atoms with Gasteiger partial charge in [0.2, 0.25) is 0 Å². The second-order valence-electron chi connectivity index (χ2n) is 5.88. The number of aliphatic hydroxyl groups is 2. The van der Waals surface area contributed by atoms with Crippen molar-refractivity contribution in [3.05, 3.63) is 71.0 Å². The van der Waals surface area contributed by atoms with E-state index >= 15 is 0 Å². The lowest BCUT2D eigenvalue weighted by Gasteiger charge is -2.19. The largest absolute Gasteiger partial charge is 0.481 e. The fourth-order valence-corrected chi connectivity index (χ4v) is 2.35. The van der Waals surface area contributed by atoms with E-state index in [-0.39, 0.29) is 24.3 Å². The molecule has 0 saturated carbocycles. The monoisotopic (exact) mass is 377 g/mol. The summed E-state index contributed by atoms with van der Waals surface area (Å²) in [5.41, 5.74) is 0.828. The number of alkyl carbamates (subject to hydrolysis) is 1. The van der Waals surface area contributed by atoms with Crippen LogP contribution in [0, 0.1) is 5.82 Å². The van der Waals surface area contributed by atoms with Gasteiger partial charge in [0.25, 0.3) is 0 Å². The van der Waals surface area contributed by atoms with Gasteiger partial charge in [-0.1, -0.05) is 42.5 Å². The lowest BCUT2D eigenvalue weighted by Crippen LogP contribution is -2.35. The van der Waals surface area contributed by atoms with Crippen molar-refractivity contribution >= 4 is 12.1 Å². The fourth-order valence-electron chi connectivity index (χ4n) is 2.35. The third-order valence-electron chi connectivity index (χ3n) is 3.79. The van der Waals surface area contributed by atoms with E-state index < -0.39 is 36.5 Å². The zero-order valence-corrected chi connectivity index (χ0v) is 14.3. The Morgan fingerprint density at radius 2 is 1.81 bits per heavy atom. The first-order valence-corrected chi connectivity index (χ1v) is 8.17. The molecule has 0 saturated heterocycles. The summed E-state index contributed by atoms with van der Waals surface area (Å²) in [4.78, 5) is 22.3. The molecule has 7 nitrogen and oxygen atoms in total. The average molecular weight is 377 g/mol. The Hall–Kier alpha value is -2.97. The van der Waals surface area contributed by atoms with E-state index in [9.17, 15) is 24.2 Å². The smallest absolute Gasteiger partial charge is 0.407 e. The first-order valence-electron chi connectivity index (χ1n) is 8.17. The van der Waals surface area contributed by atoms with Crippen LogP contribution in [0.5, 0.6) is 0 Å². The van der Waals surface area contributed by atoms with Crippen LogP contribution in [0.15, 0.2) is 48.5 Å². The number of hydrogen-bond donors (Lipinski definition) is 4. The maximum Gasteiger partial charge on any atom is 0.407 e. The molecule has 0 radical (unpaired) electrons.